The molecule has 3 aromatic rings. The van der Waals surface area contributed by atoms with E-state index in [2.05, 4.69) is 58.5 Å². The van der Waals surface area contributed by atoms with Gasteiger partial charge in [-0.1, -0.05) is 55.8 Å². The van der Waals surface area contributed by atoms with Gasteiger partial charge in [0, 0.05) is 29.2 Å². The van der Waals surface area contributed by atoms with Crippen molar-refractivity contribution in [1.29, 1.82) is 0 Å². The Morgan fingerprint density at radius 3 is 2.59 bits per heavy atom. The number of carbonyl (C=O) groups is 1. The van der Waals surface area contributed by atoms with E-state index < -0.39 is 25.8 Å². The maximum atomic E-state index is 14.0. The lowest BCUT2D eigenvalue weighted by atomic mass is 9.94. The number of benzene rings is 2. The van der Waals surface area contributed by atoms with Crippen molar-refractivity contribution in [3.63, 3.8) is 0 Å². The number of alkyl halides is 2. The van der Waals surface area contributed by atoms with Gasteiger partial charge >= 0.3 is 6.29 Å². The highest BCUT2D eigenvalue weighted by Gasteiger charge is 2.53. The van der Waals surface area contributed by atoms with Crippen LogP contribution in [0.4, 0.5) is 18.3 Å². The largest absolute Gasteiger partial charge is 0.586 e. The Morgan fingerprint density at radius 2 is 1.91 bits per heavy atom. The molecule has 7 nitrogen and oxygen atoms in total. The number of amides is 1. The van der Waals surface area contributed by atoms with E-state index in [0.717, 1.165) is 23.4 Å². The van der Waals surface area contributed by atoms with Crippen LogP contribution < -0.4 is 14.8 Å². The van der Waals surface area contributed by atoms with Crippen molar-refractivity contribution in [3.8, 4) is 11.5 Å². The Hall–Kier alpha value is -2.64. The van der Waals surface area contributed by atoms with E-state index in [1.165, 1.54) is 35.6 Å². The molecule has 2 aliphatic heterocycles. The second-order valence-electron chi connectivity index (χ2n) is 13.3. The van der Waals surface area contributed by atoms with Gasteiger partial charge in [-0.05, 0) is 72.8 Å². The first-order valence-electron chi connectivity index (χ1n) is 14.6. The van der Waals surface area contributed by atoms with Gasteiger partial charge in [-0.3, -0.25) is 9.69 Å². The van der Waals surface area contributed by atoms with E-state index in [-0.39, 0.29) is 34.6 Å². The van der Waals surface area contributed by atoms with E-state index in [4.69, 9.17) is 16.0 Å². The molecule has 2 atom stereocenters. The highest BCUT2D eigenvalue weighted by molar-refractivity contribution is 7.15. The average molecular weight is 666 g/mol. The second kappa shape index (κ2) is 11.0. The number of fused-ring (bicyclic) bond motifs is 1. The number of halogens is 4. The smallest absolute Gasteiger partial charge is 0.413 e. The molecule has 0 spiro atoms. The average Bonchev–Trinajstić information content (AvgIpc) is 3.22. The lowest BCUT2D eigenvalue weighted by Crippen LogP contribution is -2.44. The standard InChI is InChI=1S/C31H35ClF3N3O4SSi/c1-29(2,3)44(4,5)42-20-10-13-38(17-20)26(21-8-7-19(33)15-22(21)32)25-16-36-28(43-25)37-27(39)30(11-12-30)18-6-9-23-24(14-18)41-31(34,35)40-23/h6-9,14-16,20,26H,10-13,17H2,1-5H3,(H,36,37,39)/t20-,26?/m1/s1. The number of likely N-dealkylation sites (tertiary alicyclic amines) is 1. The van der Waals surface area contributed by atoms with Crippen molar-refractivity contribution in [3.05, 3.63) is 69.4 Å². The summed E-state index contributed by atoms with van der Waals surface area (Å²) in [6, 6.07) is 8.55. The third-order valence-electron chi connectivity index (χ3n) is 9.22. The Morgan fingerprint density at radius 1 is 1.18 bits per heavy atom. The van der Waals surface area contributed by atoms with E-state index in [1.807, 2.05) is 0 Å². The van der Waals surface area contributed by atoms with Crippen molar-refractivity contribution in [1.82, 2.24) is 9.88 Å². The van der Waals surface area contributed by atoms with Crippen molar-refractivity contribution >= 4 is 42.3 Å². The maximum absolute atomic E-state index is 14.0. The minimum atomic E-state index is -3.73. The van der Waals surface area contributed by atoms with Gasteiger partial charge in [0.05, 0.1) is 17.6 Å². The molecule has 0 radical (unpaired) electrons. The van der Waals surface area contributed by atoms with Crippen molar-refractivity contribution in [2.75, 3.05) is 18.4 Å². The molecule has 1 unspecified atom stereocenters. The molecule has 236 valence electrons. The molecule has 1 aliphatic carbocycles. The van der Waals surface area contributed by atoms with Crippen LogP contribution in [0.1, 0.15) is 62.1 Å². The highest BCUT2D eigenvalue weighted by atomic mass is 35.5. The molecule has 3 aliphatic rings. The molecule has 1 N–H and O–H groups in total. The SMILES string of the molecule is CC(C)(C)[Si](C)(C)O[C@@H]1CCN(C(c2cnc(NC(=O)C3(c4ccc5c(c4)OC(F)(F)O5)CC3)s2)c2ccc(F)cc2Cl)C1. The van der Waals surface area contributed by atoms with Crippen LogP contribution in [0.25, 0.3) is 0 Å². The summed E-state index contributed by atoms with van der Waals surface area (Å²) < 4.78 is 57.0. The molecule has 3 heterocycles. The molecule has 13 heteroatoms. The normalized spacial score (nSPS) is 21.3. The van der Waals surface area contributed by atoms with Crippen LogP contribution in [-0.2, 0) is 14.6 Å². The molecule has 0 bridgehead atoms. The van der Waals surface area contributed by atoms with Crippen LogP contribution in [0, 0.1) is 5.82 Å². The van der Waals surface area contributed by atoms with Gasteiger partial charge in [-0.25, -0.2) is 9.37 Å². The quantitative estimate of drug-likeness (QED) is 0.245. The highest BCUT2D eigenvalue weighted by Crippen LogP contribution is 2.52. The van der Waals surface area contributed by atoms with Crippen LogP contribution >= 0.6 is 22.9 Å². The minimum absolute atomic E-state index is 0.0566. The summed E-state index contributed by atoms with van der Waals surface area (Å²) in [7, 11) is -1.99. The summed E-state index contributed by atoms with van der Waals surface area (Å²) >= 11 is 7.93. The second-order valence-corrected chi connectivity index (χ2v) is 19.5. The molecule has 1 aromatic heterocycles. The lowest BCUT2D eigenvalue weighted by Gasteiger charge is -2.38. The number of hydrogen-bond donors (Lipinski definition) is 1. The third-order valence-corrected chi connectivity index (χ3v) is 15.0. The number of nitrogens with one attached hydrogen (secondary N) is 1. The van der Waals surface area contributed by atoms with Crippen LogP contribution in [0.15, 0.2) is 42.6 Å². The first-order chi connectivity index (χ1) is 20.6. The lowest BCUT2D eigenvalue weighted by molar-refractivity contribution is -0.286. The van der Waals surface area contributed by atoms with Gasteiger partial charge in [0.15, 0.2) is 24.9 Å². The minimum Gasteiger partial charge on any atom is -0.413 e. The van der Waals surface area contributed by atoms with Gasteiger partial charge in [-0.15, -0.1) is 8.78 Å². The fourth-order valence-corrected chi connectivity index (χ4v) is 8.25. The van der Waals surface area contributed by atoms with Crippen molar-refractivity contribution in [2.24, 2.45) is 0 Å². The number of rotatable bonds is 8. The summed E-state index contributed by atoms with van der Waals surface area (Å²) in [5.74, 6) is -0.853. The Bertz CT molecular complexity index is 1590. The number of carbonyl (C=O) groups excluding carboxylic acids is 1. The topological polar surface area (TPSA) is 72.9 Å². The number of aromatic nitrogens is 1. The molecular weight excluding hydrogens is 631 g/mol. The number of thiazole rings is 1. The molecule has 6 rings (SSSR count). The predicted molar refractivity (Wildman–Crippen MR) is 166 cm³/mol. The summed E-state index contributed by atoms with van der Waals surface area (Å²) in [5.41, 5.74) is 0.455. The first kappa shape index (κ1) is 31.3. The first-order valence-corrected chi connectivity index (χ1v) is 18.7. The number of hydrogen-bond acceptors (Lipinski definition) is 7. The molecule has 1 saturated carbocycles. The van der Waals surface area contributed by atoms with E-state index in [9.17, 15) is 18.0 Å². The van der Waals surface area contributed by atoms with Gasteiger partial charge < -0.3 is 19.2 Å². The van der Waals surface area contributed by atoms with E-state index in [1.54, 1.807) is 18.3 Å². The van der Waals surface area contributed by atoms with Crippen LogP contribution in [0.3, 0.4) is 0 Å². The van der Waals surface area contributed by atoms with Crippen LogP contribution in [0.2, 0.25) is 23.2 Å². The fourth-order valence-electron chi connectivity index (χ4n) is 5.64. The van der Waals surface area contributed by atoms with Gasteiger partial charge in [0.25, 0.3) is 0 Å². The number of ether oxygens (including phenoxy) is 2. The Labute approximate surface area is 264 Å². The summed E-state index contributed by atoms with van der Waals surface area (Å²) in [6.45, 7) is 12.6. The van der Waals surface area contributed by atoms with E-state index >= 15 is 0 Å². The van der Waals surface area contributed by atoms with Crippen molar-refractivity contribution < 1.29 is 31.9 Å². The predicted octanol–water partition coefficient (Wildman–Crippen LogP) is 8.11. The summed E-state index contributed by atoms with van der Waals surface area (Å²) in [5, 5.41) is 3.74. The number of anilines is 1. The third kappa shape index (κ3) is 5.99. The maximum Gasteiger partial charge on any atom is 0.586 e. The van der Waals surface area contributed by atoms with Crippen LogP contribution in [0.5, 0.6) is 11.5 Å². The van der Waals surface area contributed by atoms with Gasteiger partial charge in [-0.2, -0.15) is 0 Å². The molecule has 44 heavy (non-hydrogen) atoms. The zero-order valence-corrected chi connectivity index (χ0v) is 27.8. The summed E-state index contributed by atoms with van der Waals surface area (Å²) in [6.07, 6.45) is 0.0200. The summed E-state index contributed by atoms with van der Waals surface area (Å²) in [4.78, 5) is 21.2. The monoisotopic (exact) mass is 665 g/mol. The Balaban J connectivity index is 1.22. The van der Waals surface area contributed by atoms with Gasteiger partial charge in [0.1, 0.15) is 5.82 Å². The number of nitrogens with zero attached hydrogens (tertiary/aromatic N) is 2. The molecular formula is C31H35ClF3N3O4SSi. The molecule has 2 aromatic carbocycles. The zero-order valence-electron chi connectivity index (χ0n) is 25.2. The van der Waals surface area contributed by atoms with Crippen LogP contribution in [-0.4, -0.2) is 49.6 Å². The van der Waals surface area contributed by atoms with Gasteiger partial charge in [0.2, 0.25) is 5.91 Å². The zero-order chi connectivity index (χ0) is 31.7. The van der Waals surface area contributed by atoms with Crippen molar-refractivity contribution in [2.45, 2.75) is 82.0 Å². The Kier molecular flexibility index (Phi) is 7.84. The molecule has 1 amide bonds. The molecule has 2 fully saturated rings. The van der Waals surface area contributed by atoms with E-state index in [0.29, 0.717) is 35.1 Å². The molecule has 1 saturated heterocycles. The fraction of sp³-hybridized carbons (Fsp3) is 0.484.